The molecule has 0 saturated carbocycles. The maximum atomic E-state index is 11.7. The molecule has 0 spiro atoms. The van der Waals surface area contributed by atoms with Crippen molar-refractivity contribution in [2.75, 3.05) is 7.05 Å². The van der Waals surface area contributed by atoms with Gasteiger partial charge in [-0.05, 0) is 13.0 Å². The first kappa shape index (κ1) is 11.2. The minimum absolute atomic E-state index is 0.0730. The topological polar surface area (TPSA) is 86.3 Å². The molecule has 1 atom stereocenters. The van der Waals surface area contributed by atoms with Crippen molar-refractivity contribution in [2.24, 2.45) is 0 Å². The Kier molecular flexibility index (Phi) is 3.43. The second kappa shape index (κ2) is 4.59. The van der Waals surface area contributed by atoms with Crippen molar-refractivity contribution in [3.8, 4) is 0 Å². The summed E-state index contributed by atoms with van der Waals surface area (Å²) in [4.78, 5) is 23.5. The first-order valence-corrected chi connectivity index (χ1v) is 4.50. The molecule has 6 heteroatoms. The molecule has 0 aliphatic rings. The van der Waals surface area contributed by atoms with E-state index in [1.54, 1.807) is 20.0 Å². The van der Waals surface area contributed by atoms with Crippen LogP contribution in [0.5, 0.6) is 0 Å². The van der Waals surface area contributed by atoms with Gasteiger partial charge in [0.05, 0.1) is 6.42 Å². The van der Waals surface area contributed by atoms with Gasteiger partial charge in [0.2, 0.25) is 0 Å². The Bertz CT molecular complexity index is 347. The number of hydrogen-bond donors (Lipinski definition) is 2. The number of aliphatic carboxylic acids is 1. The summed E-state index contributed by atoms with van der Waals surface area (Å²) in [6.07, 6.45) is 1.40. The van der Waals surface area contributed by atoms with Gasteiger partial charge in [-0.1, -0.05) is 0 Å². The number of aromatic nitrogens is 2. The van der Waals surface area contributed by atoms with Crippen LogP contribution in [-0.4, -0.2) is 45.2 Å². The summed E-state index contributed by atoms with van der Waals surface area (Å²) in [5.41, 5.74) is 0.356. The fraction of sp³-hybridized carbons (Fsp3) is 0.444. The Hall–Kier alpha value is -1.85. The fourth-order valence-electron chi connectivity index (χ4n) is 1.15. The first-order chi connectivity index (χ1) is 7.02. The van der Waals surface area contributed by atoms with Crippen LogP contribution in [0.4, 0.5) is 0 Å². The number of hydrogen-bond acceptors (Lipinski definition) is 3. The maximum absolute atomic E-state index is 11.7. The molecule has 15 heavy (non-hydrogen) atoms. The van der Waals surface area contributed by atoms with Crippen molar-refractivity contribution in [2.45, 2.75) is 19.4 Å². The lowest BCUT2D eigenvalue weighted by Gasteiger charge is -2.22. The molecule has 0 fully saturated rings. The Balaban J connectivity index is 2.64. The lowest BCUT2D eigenvalue weighted by atomic mass is 10.2. The molecule has 1 amide bonds. The molecule has 0 aromatic carbocycles. The van der Waals surface area contributed by atoms with Gasteiger partial charge in [0, 0.05) is 19.3 Å². The molecule has 1 rings (SSSR count). The van der Waals surface area contributed by atoms with E-state index in [0.717, 1.165) is 0 Å². The number of aromatic amines is 1. The predicted octanol–water partition coefficient (Wildman–Crippen LogP) is 0.345. The predicted molar refractivity (Wildman–Crippen MR) is 52.4 cm³/mol. The van der Waals surface area contributed by atoms with Gasteiger partial charge in [-0.2, -0.15) is 5.10 Å². The molecular weight excluding hydrogens is 198 g/mol. The highest BCUT2D eigenvalue weighted by atomic mass is 16.4. The van der Waals surface area contributed by atoms with Crippen molar-refractivity contribution in [1.29, 1.82) is 0 Å². The highest BCUT2D eigenvalue weighted by molar-refractivity contribution is 5.92. The van der Waals surface area contributed by atoms with Gasteiger partial charge in [-0.15, -0.1) is 0 Å². The molecule has 0 aliphatic heterocycles. The van der Waals surface area contributed by atoms with Gasteiger partial charge in [-0.3, -0.25) is 14.7 Å². The highest BCUT2D eigenvalue weighted by Crippen LogP contribution is 2.06. The Morgan fingerprint density at radius 1 is 1.67 bits per heavy atom. The van der Waals surface area contributed by atoms with Gasteiger partial charge in [0.1, 0.15) is 5.69 Å². The van der Waals surface area contributed by atoms with E-state index in [2.05, 4.69) is 10.2 Å². The largest absolute Gasteiger partial charge is 0.481 e. The molecule has 2 N–H and O–H groups in total. The van der Waals surface area contributed by atoms with Crippen molar-refractivity contribution < 1.29 is 14.7 Å². The van der Waals surface area contributed by atoms with Crippen LogP contribution in [0.1, 0.15) is 23.8 Å². The van der Waals surface area contributed by atoms with Crippen molar-refractivity contribution in [1.82, 2.24) is 15.1 Å². The molecule has 1 aromatic heterocycles. The van der Waals surface area contributed by atoms with Crippen molar-refractivity contribution >= 4 is 11.9 Å². The second-order valence-electron chi connectivity index (χ2n) is 3.33. The van der Waals surface area contributed by atoms with Crippen molar-refractivity contribution in [3.63, 3.8) is 0 Å². The Morgan fingerprint density at radius 3 is 2.80 bits per heavy atom. The average Bonchev–Trinajstić information content (AvgIpc) is 2.67. The van der Waals surface area contributed by atoms with E-state index in [1.165, 1.54) is 11.1 Å². The fourth-order valence-corrected chi connectivity index (χ4v) is 1.15. The van der Waals surface area contributed by atoms with Gasteiger partial charge in [-0.25, -0.2) is 0 Å². The number of rotatable bonds is 4. The third-order valence-corrected chi connectivity index (χ3v) is 2.18. The molecule has 0 aliphatic carbocycles. The van der Waals surface area contributed by atoms with Gasteiger partial charge in [0.25, 0.3) is 5.91 Å². The summed E-state index contributed by atoms with van der Waals surface area (Å²) >= 11 is 0. The zero-order valence-electron chi connectivity index (χ0n) is 8.60. The quantitative estimate of drug-likeness (QED) is 0.752. The average molecular weight is 211 g/mol. The number of carbonyl (C=O) groups is 2. The Labute approximate surface area is 86.9 Å². The monoisotopic (exact) mass is 211 g/mol. The summed E-state index contributed by atoms with van der Waals surface area (Å²) in [6.45, 7) is 1.68. The molecule has 0 radical (unpaired) electrons. The molecule has 1 unspecified atom stereocenters. The van der Waals surface area contributed by atoms with Crippen LogP contribution in [0.2, 0.25) is 0 Å². The van der Waals surface area contributed by atoms with E-state index in [9.17, 15) is 9.59 Å². The molecule has 82 valence electrons. The molecule has 1 aromatic rings. The summed E-state index contributed by atoms with van der Waals surface area (Å²) in [7, 11) is 1.57. The lowest BCUT2D eigenvalue weighted by molar-refractivity contribution is -0.137. The molecular formula is C9H13N3O3. The van der Waals surface area contributed by atoms with Crippen LogP contribution in [0.15, 0.2) is 12.3 Å². The normalized spacial score (nSPS) is 12.1. The van der Waals surface area contributed by atoms with E-state index >= 15 is 0 Å². The number of H-pyrrole nitrogens is 1. The number of amides is 1. The standard InChI is InChI=1S/C9H13N3O3/c1-6(5-8(13)14)12(2)9(15)7-3-4-10-11-7/h3-4,6H,5H2,1-2H3,(H,10,11)(H,13,14). The third-order valence-electron chi connectivity index (χ3n) is 2.18. The summed E-state index contributed by atoms with van der Waals surface area (Å²) < 4.78 is 0. The number of carbonyl (C=O) groups excluding carboxylic acids is 1. The molecule has 0 bridgehead atoms. The SMILES string of the molecule is CC(CC(=O)O)N(C)C(=O)c1ccn[nH]1. The van der Waals surface area contributed by atoms with E-state index in [1.807, 2.05) is 0 Å². The number of nitrogens with one attached hydrogen (secondary N) is 1. The number of nitrogens with zero attached hydrogens (tertiary/aromatic N) is 2. The van der Waals surface area contributed by atoms with Gasteiger partial charge in [0.15, 0.2) is 0 Å². The van der Waals surface area contributed by atoms with E-state index in [-0.39, 0.29) is 18.4 Å². The van der Waals surface area contributed by atoms with Crippen LogP contribution in [0, 0.1) is 0 Å². The van der Waals surface area contributed by atoms with E-state index in [0.29, 0.717) is 5.69 Å². The number of carboxylic acids is 1. The molecule has 0 saturated heterocycles. The van der Waals surface area contributed by atoms with Gasteiger partial charge >= 0.3 is 5.97 Å². The maximum Gasteiger partial charge on any atom is 0.305 e. The zero-order valence-corrected chi connectivity index (χ0v) is 8.60. The van der Waals surface area contributed by atoms with Crippen LogP contribution >= 0.6 is 0 Å². The zero-order chi connectivity index (χ0) is 11.4. The summed E-state index contributed by atoms with van der Waals surface area (Å²) in [5, 5.41) is 14.8. The summed E-state index contributed by atoms with van der Waals surface area (Å²) in [6, 6.07) is 1.20. The van der Waals surface area contributed by atoms with Crippen LogP contribution in [-0.2, 0) is 4.79 Å². The second-order valence-corrected chi connectivity index (χ2v) is 3.33. The lowest BCUT2D eigenvalue weighted by Crippen LogP contribution is -2.36. The number of carboxylic acid groups (broad SMARTS) is 1. The van der Waals surface area contributed by atoms with Crippen molar-refractivity contribution in [3.05, 3.63) is 18.0 Å². The van der Waals surface area contributed by atoms with Crippen LogP contribution in [0.3, 0.4) is 0 Å². The Morgan fingerprint density at radius 2 is 2.33 bits per heavy atom. The van der Waals surface area contributed by atoms with Crippen LogP contribution < -0.4 is 0 Å². The smallest absolute Gasteiger partial charge is 0.305 e. The highest BCUT2D eigenvalue weighted by Gasteiger charge is 2.20. The first-order valence-electron chi connectivity index (χ1n) is 4.50. The molecule has 6 nitrogen and oxygen atoms in total. The minimum atomic E-state index is -0.924. The molecule has 1 heterocycles. The minimum Gasteiger partial charge on any atom is -0.481 e. The third kappa shape index (κ3) is 2.80. The van der Waals surface area contributed by atoms with Gasteiger partial charge < -0.3 is 10.0 Å². The van der Waals surface area contributed by atoms with E-state index in [4.69, 9.17) is 5.11 Å². The van der Waals surface area contributed by atoms with Crippen LogP contribution in [0.25, 0.3) is 0 Å². The van der Waals surface area contributed by atoms with E-state index < -0.39 is 5.97 Å². The summed E-state index contributed by atoms with van der Waals surface area (Å²) in [5.74, 6) is -1.19.